The molecule has 1 N–H and O–H groups in total. The van der Waals surface area contributed by atoms with E-state index in [0.717, 1.165) is 0 Å². The lowest BCUT2D eigenvalue weighted by atomic mass is 10.0. The first kappa shape index (κ1) is 16.6. The topological polar surface area (TPSA) is 30.3 Å². The second-order valence-electron chi connectivity index (χ2n) is 7.03. The van der Waals surface area contributed by atoms with E-state index in [0.29, 0.717) is 5.96 Å². The van der Waals surface area contributed by atoms with E-state index in [4.69, 9.17) is 5.41 Å². The Labute approximate surface area is 145 Å². The van der Waals surface area contributed by atoms with Gasteiger partial charge in [-0.05, 0) is 63.8 Å². The Morgan fingerprint density at radius 1 is 0.667 bits per heavy atom. The molecule has 3 rings (SSSR count). The van der Waals surface area contributed by atoms with E-state index in [1.165, 1.54) is 33.6 Å². The van der Waals surface area contributed by atoms with Crippen LogP contribution in [0.3, 0.4) is 0 Å². The Kier molecular flexibility index (Phi) is 4.12. The molecule has 2 aromatic rings. The van der Waals surface area contributed by atoms with Gasteiger partial charge in [-0.2, -0.15) is 0 Å². The smallest absolute Gasteiger partial charge is 0.203 e. The first-order chi connectivity index (χ1) is 11.3. The molecule has 1 aliphatic heterocycles. The number of benzene rings is 2. The molecule has 3 heteroatoms. The maximum absolute atomic E-state index is 8.94. The van der Waals surface area contributed by atoms with Gasteiger partial charge in [0, 0.05) is 11.4 Å². The van der Waals surface area contributed by atoms with E-state index in [2.05, 4.69) is 87.7 Å². The molecule has 1 saturated heterocycles. The summed E-state index contributed by atoms with van der Waals surface area (Å²) in [5, 5.41) is 8.94. The fraction of sp³-hybridized carbons (Fsp3) is 0.381. The van der Waals surface area contributed by atoms with Gasteiger partial charge in [0.15, 0.2) is 0 Å². The third-order valence-electron chi connectivity index (χ3n) is 5.33. The number of aryl methyl sites for hydroxylation is 4. The predicted octanol–water partition coefficient (Wildman–Crippen LogP) is 4.96. The monoisotopic (exact) mass is 321 g/mol. The first-order valence-electron chi connectivity index (χ1n) is 8.64. The van der Waals surface area contributed by atoms with Crippen molar-refractivity contribution < 1.29 is 0 Å². The van der Waals surface area contributed by atoms with Gasteiger partial charge < -0.3 is 9.80 Å². The average Bonchev–Trinajstić information content (AvgIpc) is 2.72. The molecule has 0 bridgehead atoms. The number of guanidine groups is 1. The summed E-state index contributed by atoms with van der Waals surface area (Å²) >= 11 is 0. The van der Waals surface area contributed by atoms with Gasteiger partial charge in [0.2, 0.25) is 5.96 Å². The molecule has 3 nitrogen and oxygen atoms in total. The van der Waals surface area contributed by atoms with Crippen molar-refractivity contribution in [2.45, 2.75) is 53.6 Å². The number of hydrogen-bond donors (Lipinski definition) is 1. The SMILES string of the molecule is Cc1cccc(C)c1N1C(=N)N(c2c(C)cccc2C)[C@@H](C)[C@@H]1C. The third kappa shape index (κ3) is 2.39. The molecule has 0 aromatic heterocycles. The molecular formula is C21H27N3. The van der Waals surface area contributed by atoms with Crippen LogP contribution >= 0.6 is 0 Å². The molecule has 0 radical (unpaired) electrons. The minimum Gasteiger partial charge on any atom is -0.307 e. The molecule has 0 aliphatic carbocycles. The standard InChI is InChI=1S/C21H27N3/c1-13-9-7-10-14(2)19(13)23-17(5)18(6)24(21(23)22)20-15(3)11-8-12-16(20)4/h7-12,17-18,22H,1-6H3/t17-,18-/m0/s1. The second kappa shape index (κ2) is 5.97. The minimum atomic E-state index is 0.247. The highest BCUT2D eigenvalue weighted by molar-refractivity contribution is 6.10. The lowest BCUT2D eigenvalue weighted by Gasteiger charge is -2.28. The summed E-state index contributed by atoms with van der Waals surface area (Å²) in [4.78, 5) is 4.39. The quantitative estimate of drug-likeness (QED) is 0.847. The molecule has 2 aromatic carbocycles. The highest BCUT2D eigenvalue weighted by Gasteiger charge is 2.41. The van der Waals surface area contributed by atoms with Crippen molar-refractivity contribution in [3.05, 3.63) is 58.7 Å². The second-order valence-corrected chi connectivity index (χ2v) is 7.03. The van der Waals surface area contributed by atoms with Crippen molar-refractivity contribution in [1.82, 2.24) is 0 Å². The number of nitrogens with zero attached hydrogens (tertiary/aromatic N) is 2. The van der Waals surface area contributed by atoms with Gasteiger partial charge in [-0.1, -0.05) is 36.4 Å². The van der Waals surface area contributed by atoms with Gasteiger partial charge >= 0.3 is 0 Å². The highest BCUT2D eigenvalue weighted by atomic mass is 15.5. The van der Waals surface area contributed by atoms with E-state index in [9.17, 15) is 0 Å². The summed E-state index contributed by atoms with van der Waals surface area (Å²) in [6.07, 6.45) is 0. The van der Waals surface area contributed by atoms with Gasteiger partial charge in [0.1, 0.15) is 0 Å². The van der Waals surface area contributed by atoms with Gasteiger partial charge in [0.05, 0.1) is 12.1 Å². The number of hydrogen-bond acceptors (Lipinski definition) is 1. The summed E-state index contributed by atoms with van der Waals surface area (Å²) < 4.78 is 0. The maximum atomic E-state index is 8.94. The van der Waals surface area contributed by atoms with Gasteiger partial charge in [-0.3, -0.25) is 5.41 Å². The number of para-hydroxylation sites is 2. The number of rotatable bonds is 2. The van der Waals surface area contributed by atoms with Crippen molar-refractivity contribution in [1.29, 1.82) is 5.41 Å². The Bertz CT molecular complexity index is 688. The summed E-state index contributed by atoms with van der Waals surface area (Å²) in [6.45, 7) is 13.0. The summed E-state index contributed by atoms with van der Waals surface area (Å²) in [5.74, 6) is 0.574. The molecule has 1 fully saturated rings. The fourth-order valence-electron chi connectivity index (χ4n) is 3.92. The Hall–Kier alpha value is -2.29. The van der Waals surface area contributed by atoms with Crippen molar-refractivity contribution in [3.63, 3.8) is 0 Å². The van der Waals surface area contributed by atoms with E-state index < -0.39 is 0 Å². The Morgan fingerprint density at radius 3 is 1.25 bits per heavy atom. The van der Waals surface area contributed by atoms with Gasteiger partial charge in [-0.25, -0.2) is 0 Å². The molecule has 1 heterocycles. The number of nitrogens with one attached hydrogen (secondary N) is 1. The van der Waals surface area contributed by atoms with Gasteiger partial charge in [0.25, 0.3) is 0 Å². The Morgan fingerprint density at radius 2 is 0.958 bits per heavy atom. The first-order valence-corrected chi connectivity index (χ1v) is 8.64. The van der Waals surface area contributed by atoms with Crippen LogP contribution in [0, 0.1) is 33.1 Å². The lowest BCUT2D eigenvalue weighted by molar-refractivity contribution is 0.644. The van der Waals surface area contributed by atoms with Crippen LogP contribution in [-0.2, 0) is 0 Å². The lowest BCUT2D eigenvalue weighted by Crippen LogP contribution is -2.36. The minimum absolute atomic E-state index is 0.247. The molecule has 0 amide bonds. The highest BCUT2D eigenvalue weighted by Crippen LogP contribution is 2.38. The van der Waals surface area contributed by atoms with Crippen LogP contribution in [0.1, 0.15) is 36.1 Å². The van der Waals surface area contributed by atoms with Crippen molar-refractivity contribution in [2.75, 3.05) is 9.80 Å². The van der Waals surface area contributed by atoms with Crippen LogP contribution in [0.4, 0.5) is 11.4 Å². The van der Waals surface area contributed by atoms with E-state index in [-0.39, 0.29) is 12.1 Å². The van der Waals surface area contributed by atoms with E-state index in [1.54, 1.807) is 0 Å². The van der Waals surface area contributed by atoms with Crippen LogP contribution < -0.4 is 9.80 Å². The maximum Gasteiger partial charge on any atom is 0.203 e. The van der Waals surface area contributed by atoms with Crippen molar-refractivity contribution in [2.24, 2.45) is 0 Å². The molecule has 0 spiro atoms. The molecule has 0 unspecified atom stereocenters. The number of anilines is 2. The Balaban J connectivity index is 2.13. The van der Waals surface area contributed by atoms with Crippen molar-refractivity contribution >= 4 is 17.3 Å². The van der Waals surface area contributed by atoms with Crippen LogP contribution in [0.5, 0.6) is 0 Å². The summed E-state index contributed by atoms with van der Waals surface area (Å²) in [5.41, 5.74) is 7.25. The molecule has 24 heavy (non-hydrogen) atoms. The predicted molar refractivity (Wildman–Crippen MR) is 103 cm³/mol. The molecule has 2 atom stereocenters. The van der Waals surface area contributed by atoms with Crippen LogP contribution in [0.2, 0.25) is 0 Å². The van der Waals surface area contributed by atoms with Crippen LogP contribution in [0.15, 0.2) is 36.4 Å². The van der Waals surface area contributed by atoms with Crippen LogP contribution in [-0.4, -0.2) is 18.0 Å². The summed E-state index contributed by atoms with van der Waals surface area (Å²) in [6, 6.07) is 13.2. The van der Waals surface area contributed by atoms with E-state index >= 15 is 0 Å². The van der Waals surface area contributed by atoms with Crippen LogP contribution in [0.25, 0.3) is 0 Å². The molecular weight excluding hydrogens is 294 g/mol. The largest absolute Gasteiger partial charge is 0.307 e. The molecule has 0 saturated carbocycles. The molecule has 1 aliphatic rings. The normalized spacial score (nSPS) is 20.8. The zero-order chi connectivity index (χ0) is 17.6. The van der Waals surface area contributed by atoms with Crippen molar-refractivity contribution in [3.8, 4) is 0 Å². The average molecular weight is 321 g/mol. The van der Waals surface area contributed by atoms with Gasteiger partial charge in [-0.15, -0.1) is 0 Å². The summed E-state index contributed by atoms with van der Waals surface area (Å²) in [7, 11) is 0. The molecule has 126 valence electrons. The zero-order valence-electron chi connectivity index (χ0n) is 15.5. The zero-order valence-corrected chi connectivity index (χ0v) is 15.5. The third-order valence-corrected chi connectivity index (χ3v) is 5.33. The fourth-order valence-corrected chi connectivity index (χ4v) is 3.92. The van der Waals surface area contributed by atoms with E-state index in [1.807, 2.05) is 0 Å².